The van der Waals surface area contributed by atoms with Gasteiger partial charge in [-0.3, -0.25) is 0 Å². The Bertz CT molecular complexity index is 1340. The SMILES string of the molecule is C[C@@H]1C[C@@H]2CN(c3nc(OC[C@@H]4CCCN4C)nc4c3CCN(c3cccc5cccc(Cl)c35)C4)C[C@H]1N2. The van der Waals surface area contributed by atoms with E-state index in [9.17, 15) is 0 Å². The minimum absolute atomic E-state index is 0.434. The second-order valence-electron chi connectivity index (χ2n) is 11.7. The number of anilines is 2. The maximum Gasteiger partial charge on any atom is 0.318 e. The van der Waals surface area contributed by atoms with Crippen molar-refractivity contribution < 1.29 is 4.74 Å². The van der Waals surface area contributed by atoms with Crippen molar-refractivity contribution in [3.63, 3.8) is 0 Å². The molecule has 2 aromatic carbocycles. The Hall–Kier alpha value is -2.61. The summed E-state index contributed by atoms with van der Waals surface area (Å²) in [7, 11) is 2.19. The molecule has 7 rings (SSSR count). The zero-order valence-electron chi connectivity index (χ0n) is 22.4. The number of halogens is 1. The van der Waals surface area contributed by atoms with E-state index in [1.165, 1.54) is 35.9 Å². The first-order valence-electron chi connectivity index (χ1n) is 14.2. The fourth-order valence-corrected chi connectivity index (χ4v) is 7.36. The van der Waals surface area contributed by atoms with E-state index in [0.717, 1.165) is 61.1 Å². The normalized spacial score (nSPS) is 27.2. The molecule has 7 nitrogen and oxygen atoms in total. The third kappa shape index (κ3) is 4.38. The van der Waals surface area contributed by atoms with Gasteiger partial charge in [0.2, 0.25) is 0 Å². The van der Waals surface area contributed by atoms with Crippen molar-refractivity contribution >= 4 is 33.9 Å². The average molecular weight is 533 g/mol. The van der Waals surface area contributed by atoms with Crippen LogP contribution >= 0.6 is 11.6 Å². The molecule has 4 aliphatic rings. The number of piperazine rings is 1. The largest absolute Gasteiger partial charge is 0.462 e. The van der Waals surface area contributed by atoms with Crippen molar-refractivity contribution in [2.75, 3.05) is 49.6 Å². The number of ether oxygens (including phenoxy) is 1. The van der Waals surface area contributed by atoms with Crippen molar-refractivity contribution in [1.29, 1.82) is 0 Å². The highest BCUT2D eigenvalue weighted by Gasteiger charge is 2.39. The standard InChI is InChI=1S/C30H37ClN6O/c1-19-14-21-15-37(16-25(19)32-21)29-23-11-13-36(27-10-4-7-20-6-3-9-24(31)28(20)27)17-26(23)33-30(34-29)38-18-22-8-5-12-35(22)2/h3-4,6-7,9-10,19,21-22,25,32H,5,8,11-18H2,1-2H3/t19-,21-,22+,25-/m1/s1. The van der Waals surface area contributed by atoms with Gasteiger partial charge in [0.25, 0.3) is 0 Å². The van der Waals surface area contributed by atoms with Gasteiger partial charge in [-0.1, -0.05) is 42.8 Å². The number of benzene rings is 2. The Morgan fingerprint density at radius 2 is 1.95 bits per heavy atom. The molecule has 4 aliphatic heterocycles. The molecule has 0 aliphatic carbocycles. The second-order valence-corrected chi connectivity index (χ2v) is 12.1. The van der Waals surface area contributed by atoms with Gasteiger partial charge in [-0.25, -0.2) is 0 Å². The number of nitrogens with one attached hydrogen (secondary N) is 1. The minimum atomic E-state index is 0.434. The monoisotopic (exact) mass is 532 g/mol. The molecule has 5 heterocycles. The maximum atomic E-state index is 6.70. The van der Waals surface area contributed by atoms with Gasteiger partial charge in [0, 0.05) is 54.4 Å². The fourth-order valence-electron chi connectivity index (χ4n) is 7.08. The van der Waals surface area contributed by atoms with Gasteiger partial charge < -0.3 is 24.8 Å². The molecule has 0 spiro atoms. The van der Waals surface area contributed by atoms with E-state index in [1.54, 1.807) is 0 Å². The van der Waals surface area contributed by atoms with Crippen LogP contribution in [0.3, 0.4) is 0 Å². The molecule has 1 aromatic heterocycles. The number of hydrogen-bond donors (Lipinski definition) is 1. The van der Waals surface area contributed by atoms with E-state index in [4.69, 9.17) is 26.3 Å². The molecule has 0 radical (unpaired) electrons. The summed E-state index contributed by atoms with van der Waals surface area (Å²) in [6.45, 7) is 7.78. The Morgan fingerprint density at radius 3 is 2.76 bits per heavy atom. The van der Waals surface area contributed by atoms with Gasteiger partial charge in [0.05, 0.1) is 17.3 Å². The zero-order chi connectivity index (χ0) is 25.8. The van der Waals surface area contributed by atoms with Gasteiger partial charge in [-0.2, -0.15) is 9.97 Å². The average Bonchev–Trinajstić information content (AvgIpc) is 3.46. The summed E-state index contributed by atoms with van der Waals surface area (Å²) in [5.41, 5.74) is 3.54. The van der Waals surface area contributed by atoms with E-state index in [0.29, 0.717) is 36.7 Å². The van der Waals surface area contributed by atoms with E-state index in [1.807, 2.05) is 12.1 Å². The first-order chi connectivity index (χ1) is 18.5. The molecule has 1 N–H and O–H groups in total. The van der Waals surface area contributed by atoms with Crippen LogP contribution in [0.4, 0.5) is 11.5 Å². The zero-order valence-corrected chi connectivity index (χ0v) is 23.1. The molecular weight excluding hydrogens is 496 g/mol. The van der Waals surface area contributed by atoms with E-state index in [2.05, 4.69) is 58.3 Å². The Morgan fingerprint density at radius 1 is 1.08 bits per heavy atom. The molecule has 4 atom stereocenters. The van der Waals surface area contributed by atoms with E-state index < -0.39 is 0 Å². The lowest BCUT2D eigenvalue weighted by Crippen LogP contribution is -2.52. The first kappa shape index (κ1) is 24.4. The summed E-state index contributed by atoms with van der Waals surface area (Å²) >= 11 is 6.70. The number of likely N-dealkylation sites (tertiary alicyclic amines) is 1. The molecule has 0 saturated carbocycles. The molecule has 2 bridgehead atoms. The summed E-state index contributed by atoms with van der Waals surface area (Å²) in [5, 5.41) is 6.88. The Labute approximate surface area is 230 Å². The van der Waals surface area contributed by atoms with Crippen LogP contribution in [-0.4, -0.2) is 72.8 Å². The summed E-state index contributed by atoms with van der Waals surface area (Å²) in [4.78, 5) is 17.4. The highest BCUT2D eigenvalue weighted by Crippen LogP contribution is 2.38. The van der Waals surface area contributed by atoms with Gasteiger partial charge in [0.15, 0.2) is 0 Å². The summed E-state index contributed by atoms with van der Waals surface area (Å²) in [6.07, 6.45) is 4.54. The van der Waals surface area contributed by atoms with Crippen LogP contribution in [0.5, 0.6) is 6.01 Å². The number of fused-ring (bicyclic) bond motifs is 4. The van der Waals surface area contributed by atoms with Crippen LogP contribution in [0.1, 0.15) is 37.4 Å². The number of hydrogen-bond acceptors (Lipinski definition) is 7. The van der Waals surface area contributed by atoms with Crippen LogP contribution in [-0.2, 0) is 13.0 Å². The number of nitrogens with zero attached hydrogens (tertiary/aromatic N) is 5. The number of aromatic nitrogens is 2. The number of rotatable bonds is 5. The maximum absolute atomic E-state index is 6.70. The quantitative estimate of drug-likeness (QED) is 0.519. The third-order valence-corrected chi connectivity index (χ3v) is 9.54. The van der Waals surface area contributed by atoms with Crippen molar-refractivity contribution in [1.82, 2.24) is 20.2 Å². The molecule has 0 unspecified atom stereocenters. The number of likely N-dealkylation sites (N-methyl/N-ethyl adjacent to an activating group) is 1. The van der Waals surface area contributed by atoms with Crippen LogP contribution in [0, 0.1) is 5.92 Å². The van der Waals surface area contributed by atoms with Crippen molar-refractivity contribution in [2.45, 2.75) is 57.3 Å². The molecule has 3 aromatic rings. The van der Waals surface area contributed by atoms with Crippen molar-refractivity contribution in [2.24, 2.45) is 5.92 Å². The predicted octanol–water partition coefficient (Wildman–Crippen LogP) is 4.51. The third-order valence-electron chi connectivity index (χ3n) is 9.22. The lowest BCUT2D eigenvalue weighted by Gasteiger charge is -2.38. The summed E-state index contributed by atoms with van der Waals surface area (Å²) in [5.74, 6) is 1.79. The molecular formula is C30H37ClN6O. The van der Waals surface area contributed by atoms with Crippen LogP contribution < -0.4 is 19.9 Å². The second kappa shape index (κ2) is 9.85. The smallest absolute Gasteiger partial charge is 0.318 e. The highest BCUT2D eigenvalue weighted by molar-refractivity contribution is 6.36. The predicted molar refractivity (Wildman–Crippen MR) is 154 cm³/mol. The van der Waals surface area contributed by atoms with Crippen LogP contribution in [0.2, 0.25) is 5.02 Å². The molecule has 0 amide bonds. The van der Waals surface area contributed by atoms with E-state index >= 15 is 0 Å². The minimum Gasteiger partial charge on any atom is -0.462 e. The van der Waals surface area contributed by atoms with Gasteiger partial charge >= 0.3 is 6.01 Å². The Balaban J connectivity index is 1.23. The first-order valence-corrected chi connectivity index (χ1v) is 14.6. The Kier molecular flexibility index (Phi) is 6.33. The van der Waals surface area contributed by atoms with Crippen molar-refractivity contribution in [3.05, 3.63) is 52.7 Å². The lowest BCUT2D eigenvalue weighted by atomic mass is 10.0. The van der Waals surface area contributed by atoms with Crippen LogP contribution in [0.25, 0.3) is 10.8 Å². The summed E-state index contributed by atoms with van der Waals surface area (Å²) < 4.78 is 6.33. The van der Waals surface area contributed by atoms with Crippen LogP contribution in [0.15, 0.2) is 36.4 Å². The van der Waals surface area contributed by atoms with Gasteiger partial charge in [-0.05, 0) is 62.7 Å². The topological polar surface area (TPSA) is 56.8 Å². The molecule has 38 heavy (non-hydrogen) atoms. The molecule has 3 saturated heterocycles. The highest BCUT2D eigenvalue weighted by atomic mass is 35.5. The molecule has 200 valence electrons. The van der Waals surface area contributed by atoms with Gasteiger partial charge in [-0.15, -0.1) is 0 Å². The van der Waals surface area contributed by atoms with E-state index in [-0.39, 0.29) is 0 Å². The summed E-state index contributed by atoms with van der Waals surface area (Å²) in [6, 6.07) is 14.6. The van der Waals surface area contributed by atoms with Gasteiger partial charge in [0.1, 0.15) is 12.4 Å². The fraction of sp³-hybridized carbons (Fsp3) is 0.533. The van der Waals surface area contributed by atoms with Crippen molar-refractivity contribution in [3.8, 4) is 6.01 Å². The lowest BCUT2D eigenvalue weighted by molar-refractivity contribution is 0.187. The molecule has 3 fully saturated rings. The molecule has 8 heteroatoms.